The molecular weight excluding hydrogens is 232 g/mol. The Morgan fingerprint density at radius 1 is 1.21 bits per heavy atom. The Hall–Kier alpha value is -1.41. The molecule has 0 fully saturated rings. The zero-order valence-electron chi connectivity index (χ0n) is 12.4. The van der Waals surface area contributed by atoms with Gasteiger partial charge in [-0.25, -0.2) is 0 Å². The van der Waals surface area contributed by atoms with Crippen LogP contribution in [0.4, 0.5) is 0 Å². The topological polar surface area (TPSA) is 38.9 Å². The van der Waals surface area contributed by atoms with E-state index >= 15 is 0 Å². The fourth-order valence-electron chi connectivity index (χ4n) is 2.52. The number of nitrogens with zero attached hydrogens (tertiary/aromatic N) is 1. The molecule has 2 rings (SSSR count). The van der Waals surface area contributed by atoms with E-state index in [0.717, 1.165) is 17.6 Å². The highest BCUT2D eigenvalue weighted by Crippen LogP contribution is 2.27. The van der Waals surface area contributed by atoms with Crippen molar-refractivity contribution >= 4 is 10.9 Å². The number of aryl methyl sites for hydroxylation is 1. The monoisotopic (exact) mass is 256 g/mol. The summed E-state index contributed by atoms with van der Waals surface area (Å²) < 4.78 is 0. The number of fused-ring (bicyclic) bond motifs is 1. The van der Waals surface area contributed by atoms with E-state index in [0.29, 0.717) is 18.4 Å². The second kappa shape index (κ2) is 5.70. The Morgan fingerprint density at radius 2 is 1.95 bits per heavy atom. The van der Waals surface area contributed by atoms with E-state index in [1.165, 1.54) is 16.5 Å². The van der Waals surface area contributed by atoms with Gasteiger partial charge in [0.15, 0.2) is 0 Å². The molecule has 1 aromatic carbocycles. The van der Waals surface area contributed by atoms with Crippen molar-refractivity contribution < 1.29 is 0 Å². The van der Waals surface area contributed by atoms with Crippen LogP contribution < -0.4 is 5.73 Å². The lowest BCUT2D eigenvalue weighted by Crippen LogP contribution is -2.14. The van der Waals surface area contributed by atoms with Gasteiger partial charge in [0.05, 0.1) is 5.52 Å². The summed E-state index contributed by atoms with van der Waals surface area (Å²) in [6, 6.07) is 8.70. The van der Waals surface area contributed by atoms with Gasteiger partial charge in [0.1, 0.15) is 0 Å². The van der Waals surface area contributed by atoms with Crippen molar-refractivity contribution in [3.05, 3.63) is 41.1 Å². The lowest BCUT2D eigenvalue weighted by molar-refractivity contribution is 0.585. The summed E-state index contributed by atoms with van der Waals surface area (Å²) in [4.78, 5) is 4.89. The SMILES string of the molecule is Cc1cc(CC(C)CN)nc2c(C(C)C)cccc12. The highest BCUT2D eigenvalue weighted by Gasteiger charge is 2.11. The first-order valence-electron chi connectivity index (χ1n) is 7.12. The van der Waals surface area contributed by atoms with Crippen molar-refractivity contribution in [2.24, 2.45) is 11.7 Å². The number of para-hydroxylation sites is 1. The molecule has 2 N–H and O–H groups in total. The molecule has 0 saturated carbocycles. The smallest absolute Gasteiger partial charge is 0.0742 e. The Morgan fingerprint density at radius 3 is 2.58 bits per heavy atom. The van der Waals surface area contributed by atoms with Crippen LogP contribution in [-0.4, -0.2) is 11.5 Å². The van der Waals surface area contributed by atoms with Crippen molar-refractivity contribution in [1.29, 1.82) is 0 Å². The van der Waals surface area contributed by atoms with Gasteiger partial charge >= 0.3 is 0 Å². The van der Waals surface area contributed by atoms with Gasteiger partial charge in [-0.15, -0.1) is 0 Å². The number of hydrogen-bond acceptors (Lipinski definition) is 2. The fraction of sp³-hybridized carbons (Fsp3) is 0.471. The zero-order chi connectivity index (χ0) is 14.0. The van der Waals surface area contributed by atoms with Crippen molar-refractivity contribution in [3.63, 3.8) is 0 Å². The van der Waals surface area contributed by atoms with Crippen LogP contribution in [0.15, 0.2) is 24.3 Å². The molecule has 0 aliphatic carbocycles. The summed E-state index contributed by atoms with van der Waals surface area (Å²) >= 11 is 0. The molecule has 1 heterocycles. The van der Waals surface area contributed by atoms with Gasteiger partial charge in [-0.3, -0.25) is 4.98 Å². The lowest BCUT2D eigenvalue weighted by atomic mass is 9.96. The van der Waals surface area contributed by atoms with Crippen molar-refractivity contribution in [2.45, 2.75) is 40.0 Å². The van der Waals surface area contributed by atoms with Crippen LogP contribution in [0.2, 0.25) is 0 Å². The molecule has 19 heavy (non-hydrogen) atoms. The fourth-order valence-corrected chi connectivity index (χ4v) is 2.52. The molecule has 0 bridgehead atoms. The van der Waals surface area contributed by atoms with Crippen molar-refractivity contribution in [1.82, 2.24) is 4.98 Å². The Balaban J connectivity index is 2.56. The minimum absolute atomic E-state index is 0.482. The minimum Gasteiger partial charge on any atom is -0.330 e. The Bertz CT molecular complexity index is 573. The predicted molar refractivity (Wildman–Crippen MR) is 82.5 cm³/mol. The third-order valence-electron chi connectivity index (χ3n) is 3.71. The maximum atomic E-state index is 5.72. The first-order chi connectivity index (χ1) is 9.02. The van der Waals surface area contributed by atoms with E-state index in [1.54, 1.807) is 0 Å². The Labute approximate surface area is 116 Å². The quantitative estimate of drug-likeness (QED) is 0.903. The molecule has 1 unspecified atom stereocenters. The largest absolute Gasteiger partial charge is 0.330 e. The third-order valence-corrected chi connectivity index (χ3v) is 3.71. The molecule has 2 aromatic rings. The lowest BCUT2D eigenvalue weighted by Gasteiger charge is -2.14. The summed E-state index contributed by atoms with van der Waals surface area (Å²) in [6.45, 7) is 9.51. The van der Waals surface area contributed by atoms with Crippen molar-refractivity contribution in [3.8, 4) is 0 Å². The van der Waals surface area contributed by atoms with Gasteiger partial charge in [-0.05, 0) is 48.9 Å². The first-order valence-corrected chi connectivity index (χ1v) is 7.12. The van der Waals surface area contributed by atoms with Crippen LogP contribution >= 0.6 is 0 Å². The molecule has 0 aliphatic rings. The Kier molecular flexibility index (Phi) is 4.20. The van der Waals surface area contributed by atoms with E-state index in [2.05, 4.69) is 52.0 Å². The van der Waals surface area contributed by atoms with Crippen LogP contribution in [0.5, 0.6) is 0 Å². The average molecular weight is 256 g/mol. The van der Waals surface area contributed by atoms with Crippen LogP contribution in [0, 0.1) is 12.8 Å². The third kappa shape index (κ3) is 2.95. The van der Waals surface area contributed by atoms with E-state index < -0.39 is 0 Å². The molecule has 1 aromatic heterocycles. The highest BCUT2D eigenvalue weighted by molar-refractivity contribution is 5.85. The van der Waals surface area contributed by atoms with Gasteiger partial charge in [0.25, 0.3) is 0 Å². The molecule has 0 aliphatic heterocycles. The molecule has 2 heteroatoms. The van der Waals surface area contributed by atoms with E-state index in [4.69, 9.17) is 10.7 Å². The molecule has 0 amide bonds. The van der Waals surface area contributed by atoms with Gasteiger partial charge < -0.3 is 5.73 Å². The molecule has 0 radical (unpaired) electrons. The van der Waals surface area contributed by atoms with Crippen LogP contribution in [0.1, 0.15) is 43.5 Å². The number of benzene rings is 1. The summed E-state index contributed by atoms with van der Waals surface area (Å²) in [6.07, 6.45) is 0.958. The van der Waals surface area contributed by atoms with Gasteiger partial charge in [-0.2, -0.15) is 0 Å². The number of aromatic nitrogens is 1. The highest BCUT2D eigenvalue weighted by atomic mass is 14.7. The molecule has 0 saturated heterocycles. The van der Waals surface area contributed by atoms with Crippen molar-refractivity contribution in [2.75, 3.05) is 6.54 Å². The maximum Gasteiger partial charge on any atom is 0.0742 e. The number of nitrogens with two attached hydrogens (primary N) is 1. The molecule has 0 spiro atoms. The number of rotatable bonds is 4. The normalized spacial score (nSPS) is 13.2. The van der Waals surface area contributed by atoms with Crippen LogP contribution in [0.3, 0.4) is 0 Å². The number of hydrogen-bond donors (Lipinski definition) is 1. The van der Waals surface area contributed by atoms with Gasteiger partial charge in [0, 0.05) is 11.1 Å². The molecular formula is C17H24N2. The summed E-state index contributed by atoms with van der Waals surface area (Å²) in [5.41, 5.74) is 10.7. The predicted octanol–water partition coefficient (Wildman–Crippen LogP) is 3.80. The first kappa shape index (κ1) is 14.0. The summed E-state index contributed by atoms with van der Waals surface area (Å²) in [7, 11) is 0. The number of pyridine rings is 1. The zero-order valence-corrected chi connectivity index (χ0v) is 12.4. The molecule has 102 valence electrons. The minimum atomic E-state index is 0.482. The van der Waals surface area contributed by atoms with E-state index in [9.17, 15) is 0 Å². The second-order valence-corrected chi connectivity index (χ2v) is 5.87. The van der Waals surface area contributed by atoms with E-state index in [-0.39, 0.29) is 0 Å². The summed E-state index contributed by atoms with van der Waals surface area (Å²) in [5.74, 6) is 0.980. The van der Waals surface area contributed by atoms with Crippen LogP contribution in [0.25, 0.3) is 10.9 Å². The summed E-state index contributed by atoms with van der Waals surface area (Å²) in [5, 5.41) is 1.27. The molecule has 2 nitrogen and oxygen atoms in total. The molecule has 1 atom stereocenters. The van der Waals surface area contributed by atoms with Crippen LogP contribution in [-0.2, 0) is 6.42 Å². The van der Waals surface area contributed by atoms with Gasteiger partial charge in [-0.1, -0.05) is 39.0 Å². The maximum absolute atomic E-state index is 5.72. The van der Waals surface area contributed by atoms with E-state index in [1.807, 2.05) is 0 Å². The standard InChI is InChI=1S/C17H24N2/c1-11(2)15-6-5-7-16-13(4)9-14(19-17(15)16)8-12(3)10-18/h5-7,9,11-12H,8,10,18H2,1-4H3. The average Bonchev–Trinajstić information content (AvgIpc) is 2.37. The second-order valence-electron chi connectivity index (χ2n) is 5.87. The van der Waals surface area contributed by atoms with Gasteiger partial charge in [0.2, 0.25) is 0 Å².